The average molecular weight is 251 g/mol. The number of piperazine rings is 1. The van der Waals surface area contributed by atoms with E-state index in [1.807, 2.05) is 25.7 Å². The Balaban J connectivity index is 2.19. The van der Waals surface area contributed by atoms with E-state index in [4.69, 9.17) is 11.3 Å². The van der Waals surface area contributed by atoms with Crippen LogP contribution in [0.2, 0.25) is 0 Å². The van der Waals surface area contributed by atoms with E-state index in [9.17, 15) is 4.79 Å². The second kappa shape index (κ2) is 4.43. The molecule has 18 heavy (non-hydrogen) atoms. The topological polar surface area (TPSA) is 45.9 Å². The fraction of sp³-hybridized carbons (Fsp3) is 0.846. The van der Waals surface area contributed by atoms with E-state index in [1.165, 1.54) is 0 Å². The van der Waals surface area contributed by atoms with E-state index in [1.54, 1.807) is 0 Å². The number of hydrogen-bond acceptors (Lipinski definition) is 3. The van der Waals surface area contributed by atoms with Crippen LogP contribution in [0.1, 0.15) is 33.6 Å². The van der Waals surface area contributed by atoms with E-state index in [0.29, 0.717) is 13.1 Å². The van der Waals surface area contributed by atoms with Gasteiger partial charge in [-0.15, -0.1) is 0 Å². The zero-order chi connectivity index (χ0) is 13.4. The summed E-state index contributed by atoms with van der Waals surface area (Å²) in [5.41, 5.74) is -0.840. The Labute approximate surface area is 108 Å². The molecule has 5 nitrogen and oxygen atoms in total. The van der Waals surface area contributed by atoms with Crippen molar-refractivity contribution < 1.29 is 9.53 Å². The van der Waals surface area contributed by atoms with Gasteiger partial charge in [-0.1, -0.05) is 0 Å². The van der Waals surface area contributed by atoms with Crippen molar-refractivity contribution in [2.24, 2.45) is 0 Å². The molecule has 2 unspecified atom stereocenters. The molecule has 5 heteroatoms. The zero-order valence-corrected chi connectivity index (χ0v) is 11.3. The lowest BCUT2D eigenvalue weighted by atomic mass is 9.96. The molecule has 2 fully saturated rings. The van der Waals surface area contributed by atoms with Gasteiger partial charge in [0.15, 0.2) is 0 Å². The molecule has 0 aromatic rings. The van der Waals surface area contributed by atoms with Crippen molar-refractivity contribution in [1.82, 2.24) is 10.2 Å². The highest BCUT2D eigenvalue weighted by atomic mass is 16.6. The average Bonchev–Trinajstić information content (AvgIpc) is 2.44. The summed E-state index contributed by atoms with van der Waals surface area (Å²) in [7, 11) is 0. The van der Waals surface area contributed by atoms with Gasteiger partial charge >= 0.3 is 6.09 Å². The lowest BCUT2D eigenvalue weighted by molar-refractivity contribution is -0.00667. The molecule has 1 amide bonds. The Hall–Kier alpha value is -1.28. The van der Waals surface area contributed by atoms with E-state index in [-0.39, 0.29) is 17.7 Å². The molecule has 0 aromatic carbocycles. The first-order chi connectivity index (χ1) is 8.38. The van der Waals surface area contributed by atoms with Crippen LogP contribution in [-0.2, 0) is 4.74 Å². The molecule has 2 bridgehead atoms. The molecule has 0 spiro atoms. The van der Waals surface area contributed by atoms with Gasteiger partial charge in [0.1, 0.15) is 11.1 Å². The van der Waals surface area contributed by atoms with E-state index in [2.05, 4.69) is 10.2 Å². The molecule has 0 aromatic heterocycles. The smallest absolute Gasteiger partial charge is 0.411 e. The van der Waals surface area contributed by atoms with Crippen LogP contribution < -0.4 is 5.32 Å². The van der Waals surface area contributed by atoms with Crippen LogP contribution in [0.3, 0.4) is 0 Å². The van der Waals surface area contributed by atoms with Crippen LogP contribution in [0.5, 0.6) is 0 Å². The highest BCUT2D eigenvalue weighted by Gasteiger charge is 2.54. The summed E-state index contributed by atoms with van der Waals surface area (Å²) in [6, 6.07) is 0.176. The van der Waals surface area contributed by atoms with Crippen molar-refractivity contribution in [2.45, 2.75) is 50.8 Å². The van der Waals surface area contributed by atoms with Crippen molar-refractivity contribution in [1.29, 1.82) is 0 Å². The number of rotatable bonds is 1. The van der Waals surface area contributed by atoms with E-state index in [0.717, 1.165) is 19.4 Å². The second-order valence-electron chi connectivity index (χ2n) is 6.21. The van der Waals surface area contributed by atoms with Gasteiger partial charge in [-0.3, -0.25) is 4.90 Å². The van der Waals surface area contributed by atoms with E-state index >= 15 is 0 Å². The Bertz CT molecular complexity index is 379. The number of fused-ring (bicyclic) bond motifs is 2. The standard InChI is InChI=1S/C13H21N3O2/c1-12(2,3)18-11(17)16-10-5-6-13(16,8-14-4)9-15-7-10/h10,15H,5-9H2,1-3H3. The number of carbonyl (C=O) groups is 1. The highest BCUT2D eigenvalue weighted by molar-refractivity contribution is 5.70. The third-order valence-corrected chi connectivity index (χ3v) is 3.62. The minimum atomic E-state index is -0.485. The van der Waals surface area contributed by atoms with Gasteiger partial charge in [-0.2, -0.15) is 0 Å². The normalized spacial score (nSPS) is 31.0. The summed E-state index contributed by atoms with van der Waals surface area (Å²) >= 11 is 0. The van der Waals surface area contributed by atoms with Gasteiger partial charge in [0.05, 0.1) is 0 Å². The van der Waals surface area contributed by atoms with Crippen LogP contribution in [-0.4, -0.2) is 47.8 Å². The predicted octanol–water partition coefficient (Wildman–Crippen LogP) is 1.65. The maximum Gasteiger partial charge on any atom is 0.411 e. The second-order valence-corrected chi connectivity index (χ2v) is 6.21. The van der Waals surface area contributed by atoms with Crippen LogP contribution in [0.25, 0.3) is 4.85 Å². The minimum absolute atomic E-state index is 0.176. The fourth-order valence-corrected chi connectivity index (χ4v) is 2.92. The molecule has 2 aliphatic rings. The predicted molar refractivity (Wildman–Crippen MR) is 68.2 cm³/mol. The summed E-state index contributed by atoms with van der Waals surface area (Å²) in [4.78, 5) is 17.7. The maximum atomic E-state index is 12.3. The number of nitrogens with one attached hydrogen (secondary N) is 1. The SMILES string of the molecule is [C-]#[N+]CC12CCC(CNC1)N2C(=O)OC(C)(C)C. The van der Waals surface area contributed by atoms with Crippen molar-refractivity contribution in [3.63, 3.8) is 0 Å². The van der Waals surface area contributed by atoms with Crippen molar-refractivity contribution >= 4 is 6.09 Å². The third-order valence-electron chi connectivity index (χ3n) is 3.62. The molecule has 0 saturated carbocycles. The highest BCUT2D eigenvalue weighted by Crippen LogP contribution is 2.37. The van der Waals surface area contributed by atoms with Gasteiger partial charge in [0, 0.05) is 19.1 Å². The van der Waals surface area contributed by atoms with Gasteiger partial charge < -0.3 is 14.9 Å². The number of nitrogens with zero attached hydrogens (tertiary/aromatic N) is 2. The minimum Gasteiger partial charge on any atom is -0.444 e. The number of hydrogen-bond donors (Lipinski definition) is 1. The quantitative estimate of drug-likeness (QED) is 0.721. The molecular formula is C13H21N3O2. The summed E-state index contributed by atoms with van der Waals surface area (Å²) in [6.45, 7) is 14.6. The summed E-state index contributed by atoms with van der Waals surface area (Å²) < 4.78 is 5.49. The fourth-order valence-electron chi connectivity index (χ4n) is 2.92. The number of ether oxygens (including phenoxy) is 1. The Kier molecular flexibility index (Phi) is 3.24. The van der Waals surface area contributed by atoms with Crippen molar-refractivity contribution in [3.05, 3.63) is 11.4 Å². The Morgan fingerprint density at radius 1 is 1.61 bits per heavy atom. The molecule has 100 valence electrons. The molecule has 2 atom stereocenters. The van der Waals surface area contributed by atoms with Gasteiger partial charge in [-0.25, -0.2) is 11.4 Å². The monoisotopic (exact) mass is 251 g/mol. The zero-order valence-electron chi connectivity index (χ0n) is 11.3. The first-order valence-electron chi connectivity index (χ1n) is 6.44. The summed E-state index contributed by atoms with van der Waals surface area (Å²) in [6.07, 6.45) is 1.59. The molecule has 1 N–H and O–H groups in total. The van der Waals surface area contributed by atoms with Crippen LogP contribution >= 0.6 is 0 Å². The first-order valence-corrected chi connectivity index (χ1v) is 6.44. The largest absolute Gasteiger partial charge is 0.444 e. The van der Waals surface area contributed by atoms with Crippen molar-refractivity contribution in [3.8, 4) is 0 Å². The Morgan fingerprint density at radius 3 is 2.94 bits per heavy atom. The van der Waals surface area contributed by atoms with Crippen LogP contribution in [0.15, 0.2) is 0 Å². The Morgan fingerprint density at radius 2 is 2.33 bits per heavy atom. The van der Waals surface area contributed by atoms with Crippen LogP contribution in [0, 0.1) is 6.57 Å². The summed E-state index contributed by atoms with van der Waals surface area (Å²) in [5, 5.41) is 3.33. The van der Waals surface area contributed by atoms with Crippen LogP contribution in [0.4, 0.5) is 4.79 Å². The molecule has 0 aliphatic carbocycles. The molecule has 2 heterocycles. The molecule has 0 radical (unpaired) electrons. The molecular weight excluding hydrogens is 230 g/mol. The summed E-state index contributed by atoms with van der Waals surface area (Å²) in [5.74, 6) is 0. The molecule has 2 rings (SSSR count). The third kappa shape index (κ3) is 2.30. The molecule has 2 aliphatic heterocycles. The van der Waals surface area contributed by atoms with Crippen molar-refractivity contribution in [2.75, 3.05) is 19.6 Å². The number of carbonyl (C=O) groups excluding carboxylic acids is 1. The first kappa shape index (κ1) is 13.2. The molecule has 2 saturated heterocycles. The lowest BCUT2D eigenvalue weighted by Gasteiger charge is -2.42. The van der Waals surface area contributed by atoms with E-state index < -0.39 is 5.60 Å². The maximum absolute atomic E-state index is 12.3. The van der Waals surface area contributed by atoms with Gasteiger partial charge in [-0.05, 0) is 33.6 Å². The number of amides is 1. The van der Waals surface area contributed by atoms with Gasteiger partial charge in [0.25, 0.3) is 0 Å². The van der Waals surface area contributed by atoms with Gasteiger partial charge in [0.2, 0.25) is 6.54 Å². The lowest BCUT2D eigenvalue weighted by Crippen LogP contribution is -2.64.